The number of nitrogens with zero attached hydrogens (tertiary/aromatic N) is 1. The topological polar surface area (TPSA) is 33.1 Å². The zero-order valence-corrected chi connectivity index (χ0v) is 17.7. The van der Waals surface area contributed by atoms with Gasteiger partial charge in [0.1, 0.15) is 0 Å². The SMILES string of the molecule is Cc1ccccc1CCC(O)c1cccc(C=Cc2ccc3ccc(Cl)cc3n2)c1. The third-order valence-corrected chi connectivity index (χ3v) is 5.60. The van der Waals surface area contributed by atoms with Gasteiger partial charge in [-0.05, 0) is 72.4 Å². The van der Waals surface area contributed by atoms with Crippen molar-refractivity contribution < 1.29 is 5.11 Å². The Balaban J connectivity index is 1.47. The highest BCUT2D eigenvalue weighted by molar-refractivity contribution is 6.31. The van der Waals surface area contributed by atoms with Crippen LogP contribution in [0.4, 0.5) is 0 Å². The van der Waals surface area contributed by atoms with E-state index in [9.17, 15) is 5.11 Å². The van der Waals surface area contributed by atoms with Gasteiger partial charge in [0.05, 0.1) is 17.3 Å². The van der Waals surface area contributed by atoms with E-state index < -0.39 is 6.10 Å². The summed E-state index contributed by atoms with van der Waals surface area (Å²) in [4.78, 5) is 4.66. The van der Waals surface area contributed by atoms with Crippen LogP contribution in [0.15, 0.2) is 78.9 Å². The summed E-state index contributed by atoms with van der Waals surface area (Å²) in [5.74, 6) is 0. The lowest BCUT2D eigenvalue weighted by atomic mass is 9.97. The molecule has 0 saturated heterocycles. The Kier molecular flexibility index (Phi) is 6.27. The van der Waals surface area contributed by atoms with Crippen molar-refractivity contribution in [3.63, 3.8) is 0 Å². The number of benzene rings is 3. The predicted octanol–water partition coefficient (Wildman–Crippen LogP) is 7.03. The first kappa shape index (κ1) is 20.3. The van der Waals surface area contributed by atoms with Crippen LogP contribution in [0.1, 0.15) is 40.5 Å². The number of rotatable bonds is 6. The van der Waals surface area contributed by atoms with E-state index in [0.717, 1.165) is 34.1 Å². The fourth-order valence-corrected chi connectivity index (χ4v) is 3.77. The highest BCUT2D eigenvalue weighted by Crippen LogP contribution is 2.23. The second-order valence-electron chi connectivity index (χ2n) is 7.56. The van der Waals surface area contributed by atoms with Gasteiger partial charge >= 0.3 is 0 Å². The summed E-state index contributed by atoms with van der Waals surface area (Å²) in [5, 5.41) is 12.4. The highest BCUT2D eigenvalue weighted by Gasteiger charge is 2.09. The fraction of sp³-hybridized carbons (Fsp3) is 0.148. The fourth-order valence-electron chi connectivity index (χ4n) is 3.60. The van der Waals surface area contributed by atoms with E-state index >= 15 is 0 Å². The quantitative estimate of drug-likeness (QED) is 0.368. The molecule has 4 aromatic rings. The van der Waals surface area contributed by atoms with Crippen LogP contribution in [0.3, 0.4) is 0 Å². The minimum Gasteiger partial charge on any atom is -0.388 e. The maximum atomic E-state index is 10.7. The van der Waals surface area contributed by atoms with E-state index in [1.54, 1.807) is 0 Å². The van der Waals surface area contributed by atoms with Gasteiger partial charge < -0.3 is 5.11 Å². The molecule has 1 heterocycles. The van der Waals surface area contributed by atoms with Crippen molar-refractivity contribution in [2.24, 2.45) is 0 Å². The Bertz CT molecular complexity index is 1200. The standard InChI is InChI=1S/C27H24ClNO/c1-19-5-2-3-7-21(19)12-16-27(30)23-8-4-6-20(17-23)9-14-25-15-11-22-10-13-24(28)18-26(22)29-25/h2-11,13-15,17-18,27,30H,12,16H2,1H3. The van der Waals surface area contributed by atoms with E-state index in [1.807, 2.05) is 72.8 Å². The molecule has 4 rings (SSSR count). The molecule has 1 atom stereocenters. The Morgan fingerprint density at radius 2 is 1.77 bits per heavy atom. The molecule has 0 saturated carbocycles. The van der Waals surface area contributed by atoms with Crippen molar-refractivity contribution in [3.05, 3.63) is 112 Å². The van der Waals surface area contributed by atoms with Crippen molar-refractivity contribution >= 4 is 34.7 Å². The molecule has 0 aliphatic carbocycles. The first-order chi connectivity index (χ1) is 14.6. The molecule has 1 unspecified atom stereocenters. The van der Waals surface area contributed by atoms with Gasteiger partial charge in [-0.2, -0.15) is 0 Å². The van der Waals surface area contributed by atoms with Crippen LogP contribution >= 0.6 is 11.6 Å². The predicted molar refractivity (Wildman–Crippen MR) is 127 cm³/mol. The number of hydrogen-bond acceptors (Lipinski definition) is 2. The molecule has 3 heteroatoms. The minimum atomic E-state index is -0.487. The molecule has 2 nitrogen and oxygen atoms in total. The number of pyridine rings is 1. The van der Waals surface area contributed by atoms with Crippen LogP contribution in [-0.2, 0) is 6.42 Å². The summed E-state index contributed by atoms with van der Waals surface area (Å²) >= 11 is 6.08. The van der Waals surface area contributed by atoms with Gasteiger partial charge in [0, 0.05) is 10.4 Å². The molecular formula is C27H24ClNO. The average molecular weight is 414 g/mol. The summed E-state index contributed by atoms with van der Waals surface area (Å²) in [5.41, 5.74) is 6.28. The van der Waals surface area contributed by atoms with Crippen molar-refractivity contribution in [1.29, 1.82) is 0 Å². The van der Waals surface area contributed by atoms with E-state index in [0.29, 0.717) is 11.4 Å². The highest BCUT2D eigenvalue weighted by atomic mass is 35.5. The normalized spacial score (nSPS) is 12.5. The molecule has 0 fully saturated rings. The summed E-state index contributed by atoms with van der Waals surface area (Å²) in [6.07, 6.45) is 5.08. The molecule has 1 N–H and O–H groups in total. The lowest BCUT2D eigenvalue weighted by Crippen LogP contribution is -2.01. The molecule has 150 valence electrons. The molecule has 3 aromatic carbocycles. The van der Waals surface area contributed by atoms with Crippen molar-refractivity contribution in [3.8, 4) is 0 Å². The Morgan fingerprint density at radius 1 is 0.933 bits per heavy atom. The Labute approximate surface area is 182 Å². The number of aromatic nitrogens is 1. The summed E-state index contributed by atoms with van der Waals surface area (Å²) in [7, 11) is 0. The number of hydrogen-bond donors (Lipinski definition) is 1. The zero-order valence-electron chi connectivity index (χ0n) is 16.9. The number of fused-ring (bicyclic) bond motifs is 1. The van der Waals surface area contributed by atoms with E-state index in [2.05, 4.69) is 30.1 Å². The second-order valence-corrected chi connectivity index (χ2v) is 7.99. The molecule has 0 aliphatic rings. The first-order valence-electron chi connectivity index (χ1n) is 10.2. The molecule has 30 heavy (non-hydrogen) atoms. The van der Waals surface area contributed by atoms with Gasteiger partial charge in [-0.25, -0.2) is 4.98 Å². The van der Waals surface area contributed by atoms with Crippen LogP contribution in [0, 0.1) is 6.92 Å². The van der Waals surface area contributed by atoms with Crippen LogP contribution in [0.25, 0.3) is 23.1 Å². The molecular weight excluding hydrogens is 390 g/mol. The molecule has 0 radical (unpaired) electrons. The van der Waals surface area contributed by atoms with Crippen LogP contribution < -0.4 is 0 Å². The van der Waals surface area contributed by atoms with Gasteiger partial charge in [0.15, 0.2) is 0 Å². The van der Waals surface area contributed by atoms with E-state index in [1.165, 1.54) is 11.1 Å². The van der Waals surface area contributed by atoms with Crippen LogP contribution in [0.2, 0.25) is 5.02 Å². The summed E-state index contributed by atoms with van der Waals surface area (Å²) in [6.45, 7) is 2.11. The molecule has 0 bridgehead atoms. The summed E-state index contributed by atoms with van der Waals surface area (Å²) in [6, 6.07) is 26.1. The summed E-state index contributed by atoms with van der Waals surface area (Å²) < 4.78 is 0. The zero-order chi connectivity index (χ0) is 20.9. The van der Waals surface area contributed by atoms with Gasteiger partial charge in [-0.1, -0.05) is 72.3 Å². The monoisotopic (exact) mass is 413 g/mol. The van der Waals surface area contributed by atoms with Crippen molar-refractivity contribution in [1.82, 2.24) is 4.98 Å². The number of aryl methyl sites for hydroxylation is 2. The Hall–Kier alpha value is -2.94. The maximum absolute atomic E-state index is 10.7. The molecule has 0 amide bonds. The lowest BCUT2D eigenvalue weighted by Gasteiger charge is -2.13. The van der Waals surface area contributed by atoms with Gasteiger partial charge in [0.2, 0.25) is 0 Å². The van der Waals surface area contributed by atoms with Crippen LogP contribution in [0.5, 0.6) is 0 Å². The molecule has 0 aliphatic heterocycles. The first-order valence-corrected chi connectivity index (χ1v) is 10.5. The van der Waals surface area contributed by atoms with Gasteiger partial charge in [0.25, 0.3) is 0 Å². The van der Waals surface area contributed by atoms with Crippen molar-refractivity contribution in [2.75, 3.05) is 0 Å². The van der Waals surface area contributed by atoms with E-state index in [-0.39, 0.29) is 0 Å². The maximum Gasteiger partial charge on any atom is 0.0793 e. The van der Waals surface area contributed by atoms with Gasteiger partial charge in [-0.3, -0.25) is 0 Å². The second kappa shape index (κ2) is 9.25. The average Bonchev–Trinajstić information content (AvgIpc) is 2.77. The number of halogens is 1. The van der Waals surface area contributed by atoms with Crippen LogP contribution in [-0.4, -0.2) is 10.1 Å². The van der Waals surface area contributed by atoms with Gasteiger partial charge in [-0.15, -0.1) is 0 Å². The smallest absolute Gasteiger partial charge is 0.0793 e. The third kappa shape index (κ3) is 4.96. The van der Waals surface area contributed by atoms with Crippen molar-refractivity contribution in [2.45, 2.75) is 25.9 Å². The van der Waals surface area contributed by atoms with E-state index in [4.69, 9.17) is 11.6 Å². The third-order valence-electron chi connectivity index (χ3n) is 5.37. The lowest BCUT2D eigenvalue weighted by molar-refractivity contribution is 0.168. The number of aliphatic hydroxyl groups excluding tert-OH is 1. The largest absolute Gasteiger partial charge is 0.388 e. The Morgan fingerprint density at radius 3 is 2.63 bits per heavy atom. The molecule has 1 aromatic heterocycles. The minimum absolute atomic E-state index is 0.487. The molecule has 0 spiro atoms. The number of aliphatic hydroxyl groups is 1.